The van der Waals surface area contributed by atoms with Crippen LogP contribution in [0.15, 0.2) is 27.3 Å². The summed E-state index contributed by atoms with van der Waals surface area (Å²) in [7, 11) is 0. The number of pyridine rings is 1. The molecular weight excluding hydrogens is 296 g/mol. The summed E-state index contributed by atoms with van der Waals surface area (Å²) in [5.41, 5.74) is 6.64. The van der Waals surface area contributed by atoms with E-state index in [1.807, 2.05) is 26.0 Å². The average Bonchev–Trinajstić information content (AvgIpc) is 2.87. The molecule has 0 saturated heterocycles. The zero-order valence-corrected chi connectivity index (χ0v) is 11.9. The van der Waals surface area contributed by atoms with E-state index in [-0.39, 0.29) is 12.0 Å². The number of halogens is 1. The van der Waals surface area contributed by atoms with Gasteiger partial charge in [0.1, 0.15) is 5.69 Å². The highest BCUT2D eigenvalue weighted by Crippen LogP contribution is 2.25. The second-order valence-electron chi connectivity index (χ2n) is 4.15. The summed E-state index contributed by atoms with van der Waals surface area (Å²) >= 11 is 3.41. The number of rotatable bonds is 4. The first-order chi connectivity index (χ1) is 8.63. The lowest BCUT2D eigenvalue weighted by molar-refractivity contribution is 0.340. The first-order valence-corrected chi connectivity index (χ1v) is 6.62. The van der Waals surface area contributed by atoms with Gasteiger partial charge in [-0.25, -0.2) is 0 Å². The Morgan fingerprint density at radius 2 is 2.28 bits per heavy atom. The Kier molecular flexibility index (Phi) is 4.08. The number of aromatic nitrogens is 3. The number of nitrogens with zero attached hydrogens (tertiary/aromatic N) is 3. The molecule has 0 aliphatic heterocycles. The van der Waals surface area contributed by atoms with Crippen molar-refractivity contribution in [3.05, 3.63) is 28.7 Å². The summed E-state index contributed by atoms with van der Waals surface area (Å²) in [6.45, 7) is 4.02. The van der Waals surface area contributed by atoms with Crippen LogP contribution >= 0.6 is 15.9 Å². The van der Waals surface area contributed by atoms with Crippen LogP contribution < -0.4 is 5.73 Å². The third-order valence-electron chi connectivity index (χ3n) is 2.92. The van der Waals surface area contributed by atoms with E-state index >= 15 is 0 Å². The maximum Gasteiger partial charge on any atom is 0.231 e. The monoisotopic (exact) mass is 310 g/mol. The second kappa shape index (κ2) is 5.58. The average molecular weight is 311 g/mol. The van der Waals surface area contributed by atoms with Gasteiger partial charge >= 0.3 is 0 Å². The Morgan fingerprint density at radius 3 is 2.94 bits per heavy atom. The summed E-state index contributed by atoms with van der Waals surface area (Å²) in [5.74, 6) is 1.07. The predicted octanol–water partition coefficient (Wildman–Crippen LogP) is 2.73. The van der Waals surface area contributed by atoms with Crippen molar-refractivity contribution in [2.45, 2.75) is 32.2 Å². The van der Waals surface area contributed by atoms with Gasteiger partial charge in [-0.2, -0.15) is 4.98 Å². The lowest BCUT2D eigenvalue weighted by Crippen LogP contribution is -2.25. The fourth-order valence-electron chi connectivity index (χ4n) is 1.60. The van der Waals surface area contributed by atoms with Crippen molar-refractivity contribution in [1.29, 1.82) is 0 Å². The molecule has 0 aliphatic carbocycles. The molecule has 6 heteroatoms. The minimum atomic E-state index is 0.0190. The normalized spacial score (nSPS) is 14.4. The van der Waals surface area contributed by atoms with E-state index < -0.39 is 0 Å². The van der Waals surface area contributed by atoms with Crippen LogP contribution in [0.5, 0.6) is 0 Å². The summed E-state index contributed by atoms with van der Waals surface area (Å²) in [6.07, 6.45) is 2.56. The fourth-order valence-corrected chi connectivity index (χ4v) is 2.04. The molecule has 2 atom stereocenters. The lowest BCUT2D eigenvalue weighted by Gasteiger charge is -2.13. The number of hydrogen-bond donors (Lipinski definition) is 1. The highest BCUT2D eigenvalue weighted by Gasteiger charge is 2.21. The maximum absolute atomic E-state index is 5.97. The molecule has 0 radical (unpaired) electrons. The SMILES string of the molecule is CCC(N)C(C)c1nc(-c2ncccc2Br)no1. The van der Waals surface area contributed by atoms with E-state index in [1.54, 1.807) is 6.20 Å². The third-order valence-corrected chi connectivity index (χ3v) is 3.56. The van der Waals surface area contributed by atoms with Crippen molar-refractivity contribution in [2.75, 3.05) is 0 Å². The summed E-state index contributed by atoms with van der Waals surface area (Å²) in [5, 5.41) is 3.95. The van der Waals surface area contributed by atoms with Gasteiger partial charge in [-0.15, -0.1) is 0 Å². The molecular formula is C12H15BrN4O. The van der Waals surface area contributed by atoms with Crippen molar-refractivity contribution in [3.63, 3.8) is 0 Å². The first-order valence-electron chi connectivity index (χ1n) is 5.83. The standard InChI is InChI=1S/C12H15BrN4O/c1-3-9(14)7(2)12-16-11(17-18-12)10-8(13)5-4-6-15-10/h4-7,9H,3,14H2,1-2H3. The van der Waals surface area contributed by atoms with Gasteiger partial charge in [-0.1, -0.05) is 19.0 Å². The Bertz CT molecular complexity index is 528. The lowest BCUT2D eigenvalue weighted by atomic mass is 10.0. The zero-order chi connectivity index (χ0) is 13.1. The molecule has 2 aromatic heterocycles. The molecule has 96 valence electrons. The fraction of sp³-hybridized carbons (Fsp3) is 0.417. The number of hydrogen-bond acceptors (Lipinski definition) is 5. The van der Waals surface area contributed by atoms with Crippen molar-refractivity contribution in [2.24, 2.45) is 5.73 Å². The van der Waals surface area contributed by atoms with Crippen molar-refractivity contribution < 1.29 is 4.52 Å². The van der Waals surface area contributed by atoms with E-state index in [9.17, 15) is 0 Å². The molecule has 0 bridgehead atoms. The van der Waals surface area contributed by atoms with E-state index in [0.717, 1.165) is 10.9 Å². The van der Waals surface area contributed by atoms with Gasteiger partial charge in [0.05, 0.1) is 5.92 Å². The molecule has 0 aromatic carbocycles. The van der Waals surface area contributed by atoms with E-state index in [1.165, 1.54) is 0 Å². The van der Waals surface area contributed by atoms with E-state index in [0.29, 0.717) is 17.4 Å². The highest BCUT2D eigenvalue weighted by atomic mass is 79.9. The van der Waals surface area contributed by atoms with Crippen LogP contribution in [0.25, 0.3) is 11.5 Å². The van der Waals surface area contributed by atoms with Gasteiger partial charge < -0.3 is 10.3 Å². The van der Waals surface area contributed by atoms with E-state index in [4.69, 9.17) is 10.3 Å². The topological polar surface area (TPSA) is 77.8 Å². The van der Waals surface area contributed by atoms with Crippen LogP contribution in [-0.2, 0) is 0 Å². The molecule has 5 nitrogen and oxygen atoms in total. The van der Waals surface area contributed by atoms with E-state index in [2.05, 4.69) is 31.1 Å². The van der Waals surface area contributed by atoms with Gasteiger partial charge in [0.25, 0.3) is 0 Å². The van der Waals surface area contributed by atoms with Crippen LogP contribution in [0, 0.1) is 0 Å². The molecule has 2 aromatic rings. The summed E-state index contributed by atoms with van der Waals surface area (Å²) in [4.78, 5) is 8.58. The zero-order valence-electron chi connectivity index (χ0n) is 10.3. The van der Waals surface area contributed by atoms with Gasteiger partial charge in [-0.05, 0) is 34.5 Å². The maximum atomic E-state index is 5.97. The first kappa shape index (κ1) is 13.2. The predicted molar refractivity (Wildman–Crippen MR) is 71.9 cm³/mol. The molecule has 0 fully saturated rings. The van der Waals surface area contributed by atoms with Crippen LogP contribution in [0.3, 0.4) is 0 Å². The molecule has 0 aliphatic rings. The largest absolute Gasteiger partial charge is 0.339 e. The second-order valence-corrected chi connectivity index (χ2v) is 5.01. The van der Waals surface area contributed by atoms with Crippen LogP contribution in [-0.4, -0.2) is 21.2 Å². The van der Waals surface area contributed by atoms with Gasteiger partial charge in [0.15, 0.2) is 0 Å². The van der Waals surface area contributed by atoms with Crippen molar-refractivity contribution >= 4 is 15.9 Å². The molecule has 2 heterocycles. The Morgan fingerprint density at radius 1 is 1.50 bits per heavy atom. The Balaban J connectivity index is 2.29. The van der Waals surface area contributed by atoms with Crippen LogP contribution in [0.2, 0.25) is 0 Å². The van der Waals surface area contributed by atoms with Gasteiger partial charge in [-0.3, -0.25) is 4.98 Å². The quantitative estimate of drug-likeness (QED) is 0.939. The molecule has 2 rings (SSSR count). The summed E-state index contributed by atoms with van der Waals surface area (Å²) < 4.78 is 6.09. The van der Waals surface area contributed by atoms with Crippen molar-refractivity contribution in [1.82, 2.24) is 15.1 Å². The molecule has 0 spiro atoms. The van der Waals surface area contributed by atoms with Gasteiger partial charge in [0.2, 0.25) is 11.7 Å². The molecule has 18 heavy (non-hydrogen) atoms. The van der Waals surface area contributed by atoms with Crippen LogP contribution in [0.1, 0.15) is 32.1 Å². The minimum Gasteiger partial charge on any atom is -0.339 e. The Hall–Kier alpha value is -1.27. The smallest absolute Gasteiger partial charge is 0.231 e. The third kappa shape index (κ3) is 2.59. The molecule has 2 N–H and O–H groups in total. The molecule has 0 saturated carbocycles. The number of nitrogens with two attached hydrogens (primary N) is 1. The Labute approximate surface area is 114 Å². The van der Waals surface area contributed by atoms with Crippen molar-refractivity contribution in [3.8, 4) is 11.5 Å². The van der Waals surface area contributed by atoms with Gasteiger partial charge in [0, 0.05) is 16.7 Å². The molecule has 2 unspecified atom stereocenters. The minimum absolute atomic E-state index is 0.0190. The summed E-state index contributed by atoms with van der Waals surface area (Å²) in [6, 6.07) is 3.74. The van der Waals surface area contributed by atoms with Crippen LogP contribution in [0.4, 0.5) is 0 Å². The molecule has 0 amide bonds. The highest BCUT2D eigenvalue weighted by molar-refractivity contribution is 9.10.